The number of amides is 1. The maximum absolute atomic E-state index is 13.0. The van der Waals surface area contributed by atoms with Crippen LogP contribution in [0.5, 0.6) is 5.75 Å². The molecule has 50 heavy (non-hydrogen) atoms. The summed E-state index contributed by atoms with van der Waals surface area (Å²) in [5.74, 6) is -2.31. The quantitative estimate of drug-likeness (QED) is 0.0219. The molecule has 0 aliphatic rings. The molecule has 0 spiro atoms. The highest BCUT2D eigenvalue weighted by atomic mass is 32.2. The number of hydrogen-bond acceptors (Lipinski definition) is 19. The molecule has 0 heterocycles. The molecule has 0 atom stereocenters. The van der Waals surface area contributed by atoms with Gasteiger partial charge in [-0.05, 0) is 53.9 Å². The Kier molecular flexibility index (Phi) is 12.9. The average Bonchev–Trinajstić information content (AvgIpc) is 3.06. The van der Waals surface area contributed by atoms with Crippen molar-refractivity contribution in [3.8, 4) is 5.75 Å². The molecule has 20 nitrogen and oxygen atoms in total. The Morgan fingerprint density at radius 2 is 1.52 bits per heavy atom. The first-order valence-electron chi connectivity index (χ1n) is 12.9. The monoisotopic (exact) mass is 795 g/mol. The lowest BCUT2D eigenvalue weighted by atomic mass is 10.1. The number of aromatic hydroxyl groups is 1. The summed E-state index contributed by atoms with van der Waals surface area (Å²) in [6, 6.07) is 12.8. The van der Waals surface area contributed by atoms with Gasteiger partial charge in [-0.2, -0.15) is 16.8 Å². The fourth-order valence-electron chi connectivity index (χ4n) is 4.11. The molecule has 6 N–H and O–H groups in total. The van der Waals surface area contributed by atoms with Crippen LogP contribution in [0.15, 0.2) is 96.5 Å². The highest BCUT2D eigenvalue weighted by Crippen LogP contribution is 2.47. The SMILES string of the molecule is O=C(Nc1cc(S(=O)(=O)O)cc2cc(SOOO)c(N=Nc3ccc(S(=O)(=O)CCOSOOO)cc3S(=O)(=O)O)c(O)c12)c1ccccc1. The summed E-state index contributed by atoms with van der Waals surface area (Å²) in [7, 11) is -14.3. The van der Waals surface area contributed by atoms with Gasteiger partial charge in [0.1, 0.15) is 16.3 Å². The van der Waals surface area contributed by atoms with Crippen molar-refractivity contribution < 1.29 is 77.7 Å². The van der Waals surface area contributed by atoms with E-state index in [4.69, 9.17) is 14.7 Å². The minimum Gasteiger partial charge on any atom is -0.505 e. The number of phenols is 1. The van der Waals surface area contributed by atoms with E-state index in [0.717, 1.165) is 30.3 Å². The van der Waals surface area contributed by atoms with Gasteiger partial charge in [-0.1, -0.05) is 28.3 Å². The van der Waals surface area contributed by atoms with Crippen molar-refractivity contribution in [1.29, 1.82) is 0 Å². The first kappa shape index (κ1) is 39.0. The van der Waals surface area contributed by atoms with Crippen LogP contribution in [0.25, 0.3) is 10.8 Å². The zero-order valence-corrected chi connectivity index (χ0v) is 28.4. The third-order valence-corrected chi connectivity index (χ3v) is 10.6. The summed E-state index contributed by atoms with van der Waals surface area (Å²) in [6.07, 6.45) is 0. The number of hydrogen-bond donors (Lipinski definition) is 6. The van der Waals surface area contributed by atoms with Gasteiger partial charge in [0.25, 0.3) is 26.1 Å². The van der Waals surface area contributed by atoms with Crippen LogP contribution in [-0.2, 0) is 53.0 Å². The Labute approximate surface area is 290 Å². The van der Waals surface area contributed by atoms with Gasteiger partial charge in [0.2, 0.25) is 0 Å². The number of sulfone groups is 1. The highest BCUT2D eigenvalue weighted by molar-refractivity contribution is 7.94. The molecule has 0 aliphatic heterocycles. The van der Waals surface area contributed by atoms with Gasteiger partial charge in [0, 0.05) is 10.9 Å². The Hall–Kier alpha value is -3.80. The van der Waals surface area contributed by atoms with Crippen molar-refractivity contribution in [2.75, 3.05) is 17.7 Å². The normalized spacial score (nSPS) is 12.5. The smallest absolute Gasteiger partial charge is 0.296 e. The molecular weight excluding hydrogens is 775 g/mol. The lowest BCUT2D eigenvalue weighted by Crippen LogP contribution is -2.13. The van der Waals surface area contributed by atoms with Crippen molar-refractivity contribution in [3.05, 3.63) is 72.3 Å². The van der Waals surface area contributed by atoms with E-state index in [1.165, 1.54) is 12.1 Å². The molecule has 4 aromatic carbocycles. The standard InChI is InChI=1S/C25H21N3O17S5/c29-24-22-15(10-17(49(35,36)37)12-19(22)26-25(30)14-4-2-1-3-5-14)11-20(46-44-42-31)23(24)28-27-18-7-6-16(13-21(18)50(38,39)40)48(33,34)9-8-41-47-45-43-32/h1-7,10-13,29,31-32H,8-9H2,(H,26,30)(H,35,36,37)(H,38,39,40). The van der Waals surface area contributed by atoms with Crippen LogP contribution in [0, 0.1) is 0 Å². The summed E-state index contributed by atoms with van der Waals surface area (Å²) >= 11 is 0.297. The molecule has 0 bridgehead atoms. The van der Waals surface area contributed by atoms with Crippen molar-refractivity contribution in [2.45, 2.75) is 19.6 Å². The first-order valence-corrected chi connectivity index (χ1v) is 18.9. The number of fused-ring (bicyclic) bond motifs is 1. The molecule has 4 aromatic rings. The predicted molar refractivity (Wildman–Crippen MR) is 171 cm³/mol. The topological polar surface area (TPSA) is 304 Å². The van der Waals surface area contributed by atoms with Gasteiger partial charge >= 0.3 is 0 Å². The number of rotatable bonds is 16. The minimum absolute atomic E-state index is 0.104. The van der Waals surface area contributed by atoms with Crippen LogP contribution in [-0.4, -0.2) is 68.2 Å². The second-order valence-corrected chi connectivity index (χ2v) is 15.5. The number of carbonyl (C=O) groups is 1. The fourth-order valence-corrected chi connectivity index (χ4v) is 7.31. The molecule has 25 heteroatoms. The third-order valence-electron chi connectivity index (χ3n) is 6.23. The Morgan fingerprint density at radius 3 is 2.16 bits per heavy atom. The fraction of sp³-hybridized carbons (Fsp3) is 0.0800. The zero-order valence-electron chi connectivity index (χ0n) is 24.3. The van der Waals surface area contributed by atoms with Crippen molar-refractivity contribution in [2.24, 2.45) is 10.2 Å². The highest BCUT2D eigenvalue weighted by Gasteiger charge is 2.25. The summed E-state index contributed by atoms with van der Waals surface area (Å²) in [4.78, 5) is 10.4. The van der Waals surface area contributed by atoms with Crippen LogP contribution in [0.3, 0.4) is 0 Å². The number of carbonyl (C=O) groups excluding carboxylic acids is 1. The second-order valence-electron chi connectivity index (χ2n) is 9.32. The summed E-state index contributed by atoms with van der Waals surface area (Å²) in [6.45, 7) is -0.514. The minimum atomic E-state index is -5.18. The van der Waals surface area contributed by atoms with E-state index in [0.29, 0.717) is 6.07 Å². The molecule has 4 rings (SSSR count). The molecule has 0 saturated carbocycles. The largest absolute Gasteiger partial charge is 0.505 e. The van der Waals surface area contributed by atoms with Gasteiger partial charge in [-0.25, -0.2) is 18.9 Å². The van der Waals surface area contributed by atoms with Gasteiger partial charge in [0.05, 0.1) is 44.8 Å². The van der Waals surface area contributed by atoms with E-state index in [1.807, 2.05) is 0 Å². The number of nitrogens with one attached hydrogen (secondary N) is 1. The number of nitrogens with zero attached hydrogens (tertiary/aromatic N) is 2. The molecular formula is C25H21N3O17S5. The summed E-state index contributed by atoms with van der Waals surface area (Å²) in [5.41, 5.74) is -1.42. The molecule has 0 unspecified atom stereocenters. The summed E-state index contributed by atoms with van der Waals surface area (Å²) < 4.78 is 107. The van der Waals surface area contributed by atoms with E-state index < -0.39 is 80.2 Å². The maximum atomic E-state index is 13.0. The van der Waals surface area contributed by atoms with Crippen molar-refractivity contribution in [1.82, 2.24) is 0 Å². The van der Waals surface area contributed by atoms with Gasteiger partial charge in [-0.15, -0.1) is 18.9 Å². The van der Waals surface area contributed by atoms with E-state index in [-0.39, 0.29) is 51.3 Å². The molecule has 0 saturated heterocycles. The van der Waals surface area contributed by atoms with Crippen molar-refractivity contribution >= 4 is 88.2 Å². The Morgan fingerprint density at radius 1 is 0.820 bits per heavy atom. The Balaban J connectivity index is 1.86. The van der Waals surface area contributed by atoms with Crippen LogP contribution in [0.2, 0.25) is 0 Å². The predicted octanol–water partition coefficient (Wildman–Crippen LogP) is 4.91. The Bertz CT molecular complexity index is 2250. The molecule has 0 aliphatic carbocycles. The average molecular weight is 796 g/mol. The molecule has 0 fully saturated rings. The van der Waals surface area contributed by atoms with E-state index in [2.05, 4.69) is 34.3 Å². The van der Waals surface area contributed by atoms with Gasteiger partial charge in [-0.3, -0.25) is 18.1 Å². The second kappa shape index (κ2) is 16.5. The van der Waals surface area contributed by atoms with E-state index in [9.17, 15) is 44.3 Å². The van der Waals surface area contributed by atoms with Crippen LogP contribution in [0.1, 0.15) is 10.4 Å². The number of anilines is 1. The first-order chi connectivity index (χ1) is 23.6. The number of phenolic OH excluding ortho intramolecular Hbond substituents is 1. The van der Waals surface area contributed by atoms with E-state index >= 15 is 0 Å². The number of azo groups is 1. The lowest BCUT2D eigenvalue weighted by molar-refractivity contribution is -0.434. The molecule has 268 valence electrons. The molecule has 1 amide bonds. The van der Waals surface area contributed by atoms with Crippen LogP contribution >= 0.6 is 24.4 Å². The number of benzene rings is 4. The third kappa shape index (κ3) is 9.70. The van der Waals surface area contributed by atoms with Crippen LogP contribution < -0.4 is 5.32 Å². The maximum Gasteiger partial charge on any atom is 0.296 e. The molecule has 0 aromatic heterocycles. The van der Waals surface area contributed by atoms with Gasteiger partial charge < -0.3 is 10.4 Å². The van der Waals surface area contributed by atoms with Gasteiger partial charge in [0.15, 0.2) is 27.9 Å². The molecule has 0 radical (unpaired) electrons. The summed E-state index contributed by atoms with van der Waals surface area (Å²) in [5, 5.41) is 44.7. The van der Waals surface area contributed by atoms with Crippen molar-refractivity contribution in [3.63, 3.8) is 0 Å². The zero-order chi connectivity index (χ0) is 36.7. The lowest BCUT2D eigenvalue weighted by Gasteiger charge is -2.15. The van der Waals surface area contributed by atoms with E-state index in [1.54, 1.807) is 18.2 Å². The van der Waals surface area contributed by atoms with Crippen LogP contribution in [0.4, 0.5) is 17.1 Å².